The van der Waals surface area contributed by atoms with Crippen LogP contribution in [0.5, 0.6) is 0 Å². The molecule has 1 amide bonds. The van der Waals surface area contributed by atoms with Crippen LogP contribution in [0.2, 0.25) is 0 Å². The summed E-state index contributed by atoms with van der Waals surface area (Å²) in [6, 6.07) is 0.617. The van der Waals surface area contributed by atoms with Gasteiger partial charge in [0.05, 0.1) is 6.04 Å². The molecule has 0 aromatic rings. The number of hydrogen-bond donors (Lipinski definition) is 2. The van der Waals surface area contributed by atoms with Crippen molar-refractivity contribution in [2.45, 2.75) is 63.8 Å². The van der Waals surface area contributed by atoms with Gasteiger partial charge in [-0.3, -0.25) is 4.90 Å². The van der Waals surface area contributed by atoms with Gasteiger partial charge in [-0.1, -0.05) is 0 Å². The quantitative estimate of drug-likeness (QED) is 0.777. The summed E-state index contributed by atoms with van der Waals surface area (Å²) in [7, 11) is 0. The number of amides is 1. The van der Waals surface area contributed by atoms with Crippen LogP contribution < -0.4 is 5.32 Å². The monoisotopic (exact) mass is 256 g/mol. The second-order valence-corrected chi connectivity index (χ2v) is 6.21. The fraction of sp³-hybridized carbons (Fsp3) is 0.923. The Morgan fingerprint density at radius 1 is 1.44 bits per heavy atom. The van der Waals surface area contributed by atoms with Gasteiger partial charge in [-0.15, -0.1) is 0 Å². The third kappa shape index (κ3) is 2.78. The standard InChI is InChI=1S/C13H24N2O3/c1-13(2,3)18-12(17)15-9-4-5-11(15)10(6-7-16)14-8-9/h9-11,14,16H,4-8H2,1-3H3/t9-,10?,11+/m0/s1. The van der Waals surface area contributed by atoms with E-state index in [9.17, 15) is 4.79 Å². The normalized spacial score (nSPS) is 31.6. The van der Waals surface area contributed by atoms with E-state index in [-0.39, 0.29) is 30.8 Å². The summed E-state index contributed by atoms with van der Waals surface area (Å²) < 4.78 is 5.48. The Bertz CT molecular complexity index is 314. The van der Waals surface area contributed by atoms with Crippen LogP contribution in [0.4, 0.5) is 4.79 Å². The van der Waals surface area contributed by atoms with Crippen LogP contribution in [0, 0.1) is 0 Å². The second-order valence-electron chi connectivity index (χ2n) is 6.21. The lowest BCUT2D eigenvalue weighted by atomic mass is 10.0. The van der Waals surface area contributed by atoms with Gasteiger partial charge in [-0.05, 0) is 40.0 Å². The molecule has 2 fully saturated rings. The van der Waals surface area contributed by atoms with E-state index in [2.05, 4.69) is 5.32 Å². The molecule has 0 spiro atoms. The van der Waals surface area contributed by atoms with Crippen molar-refractivity contribution in [3.05, 3.63) is 0 Å². The smallest absolute Gasteiger partial charge is 0.410 e. The number of nitrogens with one attached hydrogen (secondary N) is 1. The molecule has 2 heterocycles. The zero-order valence-electron chi connectivity index (χ0n) is 11.5. The fourth-order valence-corrected chi connectivity index (χ4v) is 2.96. The summed E-state index contributed by atoms with van der Waals surface area (Å²) in [5.41, 5.74) is -0.451. The Morgan fingerprint density at radius 3 is 2.78 bits per heavy atom. The average molecular weight is 256 g/mol. The lowest BCUT2D eigenvalue weighted by Gasteiger charge is -2.41. The molecule has 104 valence electrons. The highest BCUT2D eigenvalue weighted by molar-refractivity contribution is 5.70. The number of carbonyl (C=O) groups excluding carboxylic acids is 1. The fourth-order valence-electron chi connectivity index (χ4n) is 2.96. The number of piperazine rings is 1. The first kappa shape index (κ1) is 13.6. The molecule has 0 aromatic heterocycles. The minimum Gasteiger partial charge on any atom is -0.444 e. The van der Waals surface area contributed by atoms with Gasteiger partial charge in [0.15, 0.2) is 0 Å². The molecule has 0 aromatic carbocycles. The molecule has 3 atom stereocenters. The van der Waals surface area contributed by atoms with Gasteiger partial charge in [-0.2, -0.15) is 0 Å². The molecule has 2 aliphatic rings. The molecule has 0 radical (unpaired) electrons. The summed E-state index contributed by atoms with van der Waals surface area (Å²) in [4.78, 5) is 14.1. The summed E-state index contributed by atoms with van der Waals surface area (Å²) >= 11 is 0. The lowest BCUT2D eigenvalue weighted by molar-refractivity contribution is 0.00267. The number of nitrogens with zero attached hydrogens (tertiary/aromatic N) is 1. The van der Waals surface area contributed by atoms with Crippen molar-refractivity contribution in [2.75, 3.05) is 13.2 Å². The number of ether oxygens (including phenoxy) is 1. The lowest BCUT2D eigenvalue weighted by Crippen LogP contribution is -2.60. The van der Waals surface area contributed by atoms with Crippen LogP contribution in [0.15, 0.2) is 0 Å². The van der Waals surface area contributed by atoms with Crippen molar-refractivity contribution in [3.8, 4) is 0 Å². The molecule has 18 heavy (non-hydrogen) atoms. The minimum absolute atomic E-state index is 0.154. The first-order chi connectivity index (χ1) is 8.42. The SMILES string of the molecule is CC(C)(C)OC(=O)N1[C@H]2CC[C@@H]1C(CCO)NC2. The predicted molar refractivity (Wildman–Crippen MR) is 68.4 cm³/mol. The van der Waals surface area contributed by atoms with E-state index in [1.165, 1.54) is 0 Å². The number of aliphatic hydroxyl groups excluding tert-OH is 1. The maximum absolute atomic E-state index is 12.2. The zero-order valence-corrected chi connectivity index (χ0v) is 11.5. The topological polar surface area (TPSA) is 61.8 Å². The van der Waals surface area contributed by atoms with E-state index >= 15 is 0 Å². The van der Waals surface area contributed by atoms with Crippen molar-refractivity contribution in [2.24, 2.45) is 0 Å². The summed E-state index contributed by atoms with van der Waals surface area (Å²) in [6.07, 6.45) is 2.51. The third-order valence-electron chi connectivity index (χ3n) is 3.67. The van der Waals surface area contributed by atoms with E-state index in [1.807, 2.05) is 25.7 Å². The Morgan fingerprint density at radius 2 is 2.17 bits per heavy atom. The van der Waals surface area contributed by atoms with Crippen LogP contribution in [0.3, 0.4) is 0 Å². The number of carbonyl (C=O) groups is 1. The molecule has 5 heteroatoms. The minimum atomic E-state index is -0.451. The summed E-state index contributed by atoms with van der Waals surface area (Å²) in [5.74, 6) is 0. The molecule has 2 saturated heterocycles. The van der Waals surface area contributed by atoms with E-state index in [4.69, 9.17) is 9.84 Å². The van der Waals surface area contributed by atoms with Gasteiger partial charge in [0.25, 0.3) is 0 Å². The summed E-state index contributed by atoms with van der Waals surface area (Å²) in [6.45, 7) is 6.63. The van der Waals surface area contributed by atoms with Crippen molar-refractivity contribution in [3.63, 3.8) is 0 Å². The molecular formula is C13H24N2O3. The molecule has 2 N–H and O–H groups in total. The number of fused-ring (bicyclic) bond motifs is 2. The number of aliphatic hydroxyl groups is 1. The van der Waals surface area contributed by atoms with Crippen LogP contribution in [-0.2, 0) is 4.74 Å². The molecular weight excluding hydrogens is 232 g/mol. The molecule has 2 rings (SSSR count). The summed E-state index contributed by atoms with van der Waals surface area (Å²) in [5, 5.41) is 12.5. The van der Waals surface area contributed by atoms with Gasteiger partial charge in [0, 0.05) is 25.2 Å². The van der Waals surface area contributed by atoms with Gasteiger partial charge >= 0.3 is 6.09 Å². The number of hydrogen-bond acceptors (Lipinski definition) is 4. The van der Waals surface area contributed by atoms with E-state index in [0.29, 0.717) is 6.42 Å². The molecule has 5 nitrogen and oxygen atoms in total. The van der Waals surface area contributed by atoms with Crippen LogP contribution in [-0.4, -0.2) is 53.0 Å². The van der Waals surface area contributed by atoms with Crippen LogP contribution in [0.1, 0.15) is 40.0 Å². The van der Waals surface area contributed by atoms with E-state index in [1.54, 1.807) is 0 Å². The van der Waals surface area contributed by atoms with Crippen LogP contribution >= 0.6 is 0 Å². The Hall–Kier alpha value is -0.810. The molecule has 2 bridgehead atoms. The zero-order chi connectivity index (χ0) is 13.3. The van der Waals surface area contributed by atoms with Crippen molar-refractivity contribution < 1.29 is 14.6 Å². The highest BCUT2D eigenvalue weighted by Gasteiger charge is 2.45. The van der Waals surface area contributed by atoms with Gasteiger partial charge in [-0.25, -0.2) is 4.79 Å². The molecule has 0 aliphatic carbocycles. The molecule has 1 unspecified atom stereocenters. The average Bonchev–Trinajstić information content (AvgIpc) is 2.56. The second kappa shape index (κ2) is 5.05. The van der Waals surface area contributed by atoms with Gasteiger partial charge < -0.3 is 15.2 Å². The maximum Gasteiger partial charge on any atom is 0.410 e. The number of rotatable bonds is 2. The first-order valence-electron chi connectivity index (χ1n) is 6.78. The Kier molecular flexibility index (Phi) is 3.82. The van der Waals surface area contributed by atoms with Crippen LogP contribution in [0.25, 0.3) is 0 Å². The Labute approximate surface area is 108 Å². The highest BCUT2D eigenvalue weighted by atomic mass is 16.6. The third-order valence-corrected chi connectivity index (χ3v) is 3.67. The van der Waals surface area contributed by atoms with Gasteiger partial charge in [0.1, 0.15) is 5.60 Å². The maximum atomic E-state index is 12.2. The first-order valence-corrected chi connectivity index (χ1v) is 6.78. The van der Waals surface area contributed by atoms with Crippen molar-refractivity contribution in [1.29, 1.82) is 0 Å². The van der Waals surface area contributed by atoms with Crippen molar-refractivity contribution in [1.82, 2.24) is 10.2 Å². The molecule has 0 saturated carbocycles. The largest absolute Gasteiger partial charge is 0.444 e. The van der Waals surface area contributed by atoms with E-state index in [0.717, 1.165) is 19.4 Å². The predicted octanol–water partition coefficient (Wildman–Crippen LogP) is 1.11. The molecule has 2 aliphatic heterocycles. The van der Waals surface area contributed by atoms with Crippen molar-refractivity contribution >= 4 is 6.09 Å². The van der Waals surface area contributed by atoms with Gasteiger partial charge in [0.2, 0.25) is 0 Å². The highest BCUT2D eigenvalue weighted by Crippen LogP contribution is 2.32. The Balaban J connectivity index is 2.05. The van der Waals surface area contributed by atoms with E-state index < -0.39 is 5.60 Å².